The number of benzene rings is 12. The van der Waals surface area contributed by atoms with E-state index in [9.17, 15) is 59.5 Å². The van der Waals surface area contributed by atoms with Gasteiger partial charge in [0.15, 0.2) is 23.3 Å². The molecule has 0 atom stereocenters. The Balaban J connectivity index is 0.000000124. The fraction of sp³-hybridized carbons (Fsp3) is 0.0435. The number of para-hydroxylation sites is 1. The molecule has 12 aromatic carbocycles. The lowest BCUT2D eigenvalue weighted by atomic mass is 10.1. The van der Waals surface area contributed by atoms with Crippen LogP contribution in [-0.2, 0) is 0 Å². The molecule has 0 aliphatic carbocycles. The standard InChI is InChI=1S/C16H11F2NO2.2C16H12FNO2.C16H13NO2.C14H8F2N2O2.C14H9FN2O2/c1-9-8-19(11-3-4-13(17)14(18)7-11)15-5-2-10(16(20)21)6-12(9)15;1-10-9-18(13-5-3-12(17)4-6-13)15-7-2-11(16(19)20)8-14(10)15;1-10-9-18(13-4-2-3-12(17)8-13)15-6-5-11(16(19)20)7-14(10)15;1-11-10-17(13-5-3-2-4-6-13)15-8-7-12(16(18)19)9-14(11)15;15-11-3-2-10(6-12(11)16)18-13-4-1-8(14(19)20)5-9(13)7-17-18;15-11-2-4-12(5-3-11)17-13-6-1-9(14(18)19)7-10(13)8-16-17/h2-8H,1H3,(H,20,21);2*2-9H,1H3,(H,19,20);2-10H,1H3,(H,18,19);1-7H,(H,19,20);1-8H,(H,18,19). The monoisotopic (exact) mass is 1610 g/mol. The molecular weight excluding hydrogens is 1540 g/mol. The highest BCUT2D eigenvalue weighted by molar-refractivity contribution is 6.00. The molecule has 0 aliphatic rings. The lowest BCUT2D eigenvalue weighted by molar-refractivity contribution is 0.0686. The van der Waals surface area contributed by atoms with Crippen LogP contribution in [0.15, 0.2) is 286 Å². The number of rotatable bonds is 12. The third kappa shape index (κ3) is 17.7. The summed E-state index contributed by atoms with van der Waals surface area (Å²) >= 11 is 0. The lowest BCUT2D eigenvalue weighted by Gasteiger charge is -2.06. The number of carboxylic acid groups (broad SMARTS) is 6. The lowest BCUT2D eigenvalue weighted by Crippen LogP contribution is -1.99. The molecule has 0 saturated carbocycles. The molecule has 119 heavy (non-hydrogen) atoms. The maximum absolute atomic E-state index is 13.4. The quantitative estimate of drug-likeness (QED) is 0.0621. The molecule has 0 unspecified atom stereocenters. The number of hydrogen-bond acceptors (Lipinski definition) is 8. The van der Waals surface area contributed by atoms with Gasteiger partial charge in [0, 0.05) is 92.0 Å². The molecule has 6 N–H and O–H groups in total. The molecule has 6 heterocycles. The van der Waals surface area contributed by atoms with E-state index < -0.39 is 59.1 Å². The van der Waals surface area contributed by atoms with Crippen molar-refractivity contribution in [3.05, 3.63) is 382 Å². The Labute approximate surface area is 670 Å². The molecule has 594 valence electrons. The minimum absolute atomic E-state index is 0.141. The molecule has 0 bridgehead atoms. The number of halogens is 7. The molecule has 0 spiro atoms. The highest BCUT2D eigenvalue weighted by atomic mass is 19.2. The SMILES string of the molecule is Cc1cn(-c2ccc(F)c(F)c2)c2ccc(C(=O)O)cc12.Cc1cn(-c2ccc(F)cc2)c2ccc(C(=O)O)cc12.Cc1cn(-c2cccc(F)c2)c2ccc(C(=O)O)cc12.Cc1cn(-c2ccccc2)c2ccc(C(=O)O)cc12.O=C(O)c1ccc2c(cnn2-c2ccc(F)c(F)c2)c1.O=C(O)c1ccc2c(cnn2-c2ccc(F)cc2)c1. The minimum Gasteiger partial charge on any atom is -0.478 e. The van der Waals surface area contributed by atoms with Crippen LogP contribution < -0.4 is 0 Å². The Morgan fingerprint density at radius 3 is 0.891 bits per heavy atom. The number of aromatic nitrogens is 8. The van der Waals surface area contributed by atoms with Gasteiger partial charge in [-0.1, -0.05) is 24.3 Å². The average molecular weight is 1610 g/mol. The molecule has 0 radical (unpaired) electrons. The third-order valence-electron chi connectivity index (χ3n) is 19.3. The van der Waals surface area contributed by atoms with Crippen molar-refractivity contribution in [1.82, 2.24) is 37.8 Å². The maximum atomic E-state index is 13.4. The van der Waals surface area contributed by atoms with Gasteiger partial charge in [0.1, 0.15) is 17.5 Å². The van der Waals surface area contributed by atoms with E-state index in [1.807, 2.05) is 97.9 Å². The summed E-state index contributed by atoms with van der Waals surface area (Å²) < 4.78 is 102. The summed E-state index contributed by atoms with van der Waals surface area (Å²) in [5, 5.41) is 67.1. The van der Waals surface area contributed by atoms with Crippen molar-refractivity contribution >= 4 is 101 Å². The summed E-state index contributed by atoms with van der Waals surface area (Å²) in [5.41, 5.74) is 14.3. The number of fused-ring (bicyclic) bond motifs is 6. The molecule has 20 nitrogen and oxygen atoms in total. The highest BCUT2D eigenvalue weighted by Gasteiger charge is 2.19. The molecule has 27 heteroatoms. The van der Waals surface area contributed by atoms with Gasteiger partial charge in [-0.15, -0.1) is 0 Å². The number of hydrogen-bond donors (Lipinski definition) is 6. The molecule has 18 aromatic rings. The summed E-state index contributed by atoms with van der Waals surface area (Å²) in [6.45, 7) is 7.66. The van der Waals surface area contributed by atoms with E-state index in [0.29, 0.717) is 33.5 Å². The van der Waals surface area contributed by atoms with Crippen LogP contribution in [0.25, 0.3) is 99.5 Å². The smallest absolute Gasteiger partial charge is 0.335 e. The fourth-order valence-corrected chi connectivity index (χ4v) is 13.4. The van der Waals surface area contributed by atoms with Crippen molar-refractivity contribution in [3.63, 3.8) is 0 Å². The summed E-state index contributed by atoms with van der Waals surface area (Å²) in [4.78, 5) is 65.9. The highest BCUT2D eigenvalue weighted by Crippen LogP contribution is 2.32. The predicted molar refractivity (Wildman–Crippen MR) is 436 cm³/mol. The Bertz CT molecular complexity index is 6990. The topological polar surface area (TPSA) is 279 Å². The number of aromatic carboxylic acids is 6. The van der Waals surface area contributed by atoms with Gasteiger partial charge in [-0.05, 0) is 262 Å². The Hall–Kier alpha value is -15.9. The second kappa shape index (κ2) is 34.4. The first kappa shape index (κ1) is 81.1. The van der Waals surface area contributed by atoms with Crippen LogP contribution in [0.1, 0.15) is 84.4 Å². The molecule has 0 amide bonds. The van der Waals surface area contributed by atoms with Gasteiger partial charge >= 0.3 is 35.8 Å². The van der Waals surface area contributed by atoms with Crippen LogP contribution in [-0.4, -0.2) is 104 Å². The molecule has 0 fully saturated rings. The number of aryl methyl sites for hydroxylation is 4. The first-order valence-corrected chi connectivity index (χ1v) is 36.0. The van der Waals surface area contributed by atoms with Crippen molar-refractivity contribution in [2.24, 2.45) is 0 Å². The van der Waals surface area contributed by atoms with Gasteiger partial charge in [-0.25, -0.2) is 68.9 Å². The van der Waals surface area contributed by atoms with Crippen LogP contribution >= 0.6 is 0 Å². The molecule has 6 aromatic heterocycles. The first-order chi connectivity index (χ1) is 57.0. The van der Waals surface area contributed by atoms with E-state index in [-0.39, 0.29) is 45.3 Å². The van der Waals surface area contributed by atoms with Crippen molar-refractivity contribution < 1.29 is 90.1 Å². The van der Waals surface area contributed by atoms with E-state index in [4.69, 9.17) is 30.6 Å². The summed E-state index contributed by atoms with van der Waals surface area (Å²) in [6, 6.07) is 64.7. The Kier molecular flexibility index (Phi) is 23.5. The summed E-state index contributed by atoms with van der Waals surface area (Å²) in [6.07, 6.45) is 10.7. The van der Waals surface area contributed by atoms with Crippen LogP contribution in [0.5, 0.6) is 0 Å². The number of nitrogens with zero attached hydrogens (tertiary/aromatic N) is 8. The van der Waals surface area contributed by atoms with E-state index in [0.717, 1.165) is 118 Å². The Morgan fingerprint density at radius 1 is 0.252 bits per heavy atom. The molecular formula is C92H65F7N8O12. The normalized spacial score (nSPS) is 10.9. The van der Waals surface area contributed by atoms with Gasteiger partial charge < -0.3 is 48.9 Å². The van der Waals surface area contributed by atoms with E-state index >= 15 is 0 Å². The zero-order chi connectivity index (χ0) is 84.8. The van der Waals surface area contributed by atoms with E-state index in [2.05, 4.69) is 14.8 Å². The van der Waals surface area contributed by atoms with Crippen LogP contribution in [0.4, 0.5) is 30.7 Å². The zero-order valence-electron chi connectivity index (χ0n) is 63.0. The summed E-state index contributed by atoms with van der Waals surface area (Å²) in [7, 11) is 0. The van der Waals surface area contributed by atoms with Crippen molar-refractivity contribution in [3.8, 4) is 34.1 Å². The minimum atomic E-state index is -1.03. The number of carbonyl (C=O) groups is 6. The average Bonchev–Trinajstić information content (AvgIpc) is 1.91. The summed E-state index contributed by atoms with van der Waals surface area (Å²) in [5.74, 6) is -10.4. The van der Waals surface area contributed by atoms with Crippen molar-refractivity contribution in [1.29, 1.82) is 0 Å². The zero-order valence-corrected chi connectivity index (χ0v) is 63.0. The second-order valence-corrected chi connectivity index (χ2v) is 27.1. The van der Waals surface area contributed by atoms with Gasteiger partial charge in [0.25, 0.3) is 0 Å². The van der Waals surface area contributed by atoms with E-state index in [1.165, 1.54) is 83.7 Å². The Morgan fingerprint density at radius 2 is 0.538 bits per heavy atom. The van der Waals surface area contributed by atoms with Crippen LogP contribution in [0.3, 0.4) is 0 Å². The van der Waals surface area contributed by atoms with Gasteiger partial charge in [0.2, 0.25) is 0 Å². The van der Waals surface area contributed by atoms with Gasteiger partial charge in [0.05, 0.1) is 90.2 Å². The predicted octanol–water partition coefficient (Wildman–Crippen LogP) is 21.0. The first-order valence-electron chi connectivity index (χ1n) is 36.0. The van der Waals surface area contributed by atoms with E-state index in [1.54, 1.807) is 131 Å². The van der Waals surface area contributed by atoms with Gasteiger partial charge in [-0.3, -0.25) is 0 Å². The number of carboxylic acids is 6. The van der Waals surface area contributed by atoms with Crippen molar-refractivity contribution in [2.45, 2.75) is 27.7 Å². The molecule has 0 aliphatic heterocycles. The third-order valence-corrected chi connectivity index (χ3v) is 19.3. The van der Waals surface area contributed by atoms with Crippen LogP contribution in [0.2, 0.25) is 0 Å². The molecule has 0 saturated heterocycles. The second-order valence-electron chi connectivity index (χ2n) is 27.1. The fourth-order valence-electron chi connectivity index (χ4n) is 13.4. The largest absolute Gasteiger partial charge is 0.478 e. The maximum Gasteiger partial charge on any atom is 0.335 e. The van der Waals surface area contributed by atoms with Crippen LogP contribution in [0, 0.1) is 68.4 Å². The molecule has 18 rings (SSSR count). The van der Waals surface area contributed by atoms with Crippen molar-refractivity contribution in [2.75, 3.05) is 0 Å². The van der Waals surface area contributed by atoms with Gasteiger partial charge in [-0.2, -0.15) is 10.2 Å².